The molecule has 0 spiro atoms. The van der Waals surface area contributed by atoms with Crippen molar-refractivity contribution in [2.75, 3.05) is 25.5 Å². The number of carbonyl (C=O) groups excluding carboxylic acids is 2. The molecule has 0 aliphatic carbocycles. The number of hydrogen-bond donors (Lipinski definition) is 2. The molecule has 2 atom stereocenters. The normalized spacial score (nSPS) is 12.5. The minimum Gasteiger partial charge on any atom is -0.389 e. The van der Waals surface area contributed by atoms with E-state index in [4.69, 9.17) is 0 Å². The van der Waals surface area contributed by atoms with E-state index in [0.29, 0.717) is 30.6 Å². The standard InChI is InChI=1S/C35H36N4O3S/c1-24-23-43-33(36-24)22-39(3)35(42)28-16-9-15-27(20-28)34(41)37-30(19-25-11-5-4-6-12-25)32(40)21-38(2)31-18-10-14-26-13-7-8-17-29(26)31/h4-18,20,23,30,32,40H,19,21-22H2,1-3H3,(H,37,41)/t30-,32+/m0/s1. The van der Waals surface area contributed by atoms with Gasteiger partial charge in [-0.25, -0.2) is 4.98 Å². The summed E-state index contributed by atoms with van der Waals surface area (Å²) < 4.78 is 0. The average molecular weight is 593 g/mol. The third kappa shape index (κ3) is 7.46. The van der Waals surface area contributed by atoms with E-state index in [9.17, 15) is 14.7 Å². The first kappa shape index (κ1) is 29.9. The SMILES string of the molecule is Cc1csc(CN(C)C(=O)c2cccc(C(=O)N[C@@H](Cc3ccccc3)[C@H](O)CN(C)c3cccc4ccccc34)c2)n1. The van der Waals surface area contributed by atoms with Gasteiger partial charge in [-0.05, 0) is 48.6 Å². The van der Waals surface area contributed by atoms with Crippen molar-refractivity contribution in [3.8, 4) is 0 Å². The van der Waals surface area contributed by atoms with Crippen molar-refractivity contribution < 1.29 is 14.7 Å². The van der Waals surface area contributed by atoms with Gasteiger partial charge < -0.3 is 20.2 Å². The first-order valence-corrected chi connectivity index (χ1v) is 15.1. The van der Waals surface area contributed by atoms with Crippen molar-refractivity contribution >= 4 is 39.6 Å². The third-order valence-electron chi connectivity index (χ3n) is 7.48. The maximum absolute atomic E-state index is 13.5. The van der Waals surface area contributed by atoms with Crippen molar-refractivity contribution in [2.45, 2.75) is 32.0 Å². The lowest BCUT2D eigenvalue weighted by Gasteiger charge is -2.30. The maximum atomic E-state index is 13.5. The zero-order valence-electron chi connectivity index (χ0n) is 24.6. The fourth-order valence-electron chi connectivity index (χ4n) is 5.21. The lowest BCUT2D eigenvalue weighted by Crippen LogP contribution is -2.49. The number of likely N-dealkylation sites (N-methyl/N-ethyl adjacent to an activating group) is 1. The number of nitrogens with one attached hydrogen (secondary N) is 1. The summed E-state index contributed by atoms with van der Waals surface area (Å²) in [7, 11) is 3.68. The van der Waals surface area contributed by atoms with Gasteiger partial charge >= 0.3 is 0 Å². The highest BCUT2D eigenvalue weighted by molar-refractivity contribution is 7.09. The Morgan fingerprint density at radius 1 is 0.907 bits per heavy atom. The van der Waals surface area contributed by atoms with E-state index in [-0.39, 0.29) is 11.8 Å². The number of nitrogens with zero attached hydrogens (tertiary/aromatic N) is 3. The second-order valence-electron chi connectivity index (χ2n) is 10.8. The highest BCUT2D eigenvalue weighted by Crippen LogP contribution is 2.26. The van der Waals surface area contributed by atoms with Crippen LogP contribution in [0.1, 0.15) is 37.0 Å². The summed E-state index contributed by atoms with van der Waals surface area (Å²) in [5.41, 5.74) is 3.71. The Hall–Kier alpha value is -4.53. The van der Waals surface area contributed by atoms with Crippen molar-refractivity contribution in [1.82, 2.24) is 15.2 Å². The van der Waals surface area contributed by atoms with Crippen molar-refractivity contribution in [1.29, 1.82) is 0 Å². The Balaban J connectivity index is 1.32. The van der Waals surface area contributed by atoms with Crippen LogP contribution in [0.3, 0.4) is 0 Å². The molecule has 2 amide bonds. The molecule has 8 heteroatoms. The van der Waals surface area contributed by atoms with E-state index < -0.39 is 12.1 Å². The van der Waals surface area contributed by atoms with Crippen LogP contribution in [0.25, 0.3) is 10.8 Å². The average Bonchev–Trinajstić information content (AvgIpc) is 3.44. The van der Waals surface area contributed by atoms with Gasteiger partial charge in [0, 0.05) is 53.9 Å². The Morgan fingerprint density at radius 3 is 2.37 bits per heavy atom. The molecule has 0 bridgehead atoms. The molecule has 1 aromatic heterocycles. The molecule has 0 aliphatic rings. The molecule has 2 N–H and O–H groups in total. The summed E-state index contributed by atoms with van der Waals surface area (Å²) in [6.45, 7) is 2.63. The number of aliphatic hydroxyl groups is 1. The maximum Gasteiger partial charge on any atom is 0.253 e. The first-order chi connectivity index (χ1) is 20.8. The van der Waals surface area contributed by atoms with E-state index in [1.165, 1.54) is 11.3 Å². The van der Waals surface area contributed by atoms with Crippen LogP contribution in [0, 0.1) is 6.92 Å². The number of aryl methyl sites for hydroxylation is 1. The molecule has 0 aliphatic heterocycles. The van der Waals surface area contributed by atoms with E-state index in [2.05, 4.69) is 28.5 Å². The minimum atomic E-state index is -0.870. The van der Waals surface area contributed by atoms with Crippen LogP contribution in [0.15, 0.2) is 102 Å². The molecule has 0 saturated heterocycles. The van der Waals surface area contributed by atoms with Gasteiger partial charge in [-0.1, -0.05) is 72.8 Å². The summed E-state index contributed by atoms with van der Waals surface area (Å²) in [4.78, 5) is 34.8. The molecule has 220 valence electrons. The molecule has 7 nitrogen and oxygen atoms in total. The number of aliphatic hydroxyl groups excluding tert-OH is 1. The third-order valence-corrected chi connectivity index (χ3v) is 8.43. The fraction of sp³-hybridized carbons (Fsp3) is 0.229. The second kappa shape index (κ2) is 13.6. The van der Waals surface area contributed by atoms with Gasteiger partial charge in [-0.2, -0.15) is 0 Å². The van der Waals surface area contributed by atoms with Crippen LogP contribution in [0.5, 0.6) is 0 Å². The zero-order chi connectivity index (χ0) is 30.3. The second-order valence-corrected chi connectivity index (χ2v) is 11.8. The van der Waals surface area contributed by atoms with Crippen molar-refractivity contribution in [2.24, 2.45) is 0 Å². The van der Waals surface area contributed by atoms with Crippen molar-refractivity contribution in [3.05, 3.63) is 130 Å². The molecule has 5 aromatic rings. The quantitative estimate of drug-likeness (QED) is 0.205. The smallest absolute Gasteiger partial charge is 0.253 e. The molecule has 43 heavy (non-hydrogen) atoms. The van der Waals surface area contributed by atoms with E-state index in [1.807, 2.05) is 78.8 Å². The predicted octanol–water partition coefficient (Wildman–Crippen LogP) is 5.72. The van der Waals surface area contributed by atoms with E-state index in [1.54, 1.807) is 36.2 Å². The number of hydrogen-bond acceptors (Lipinski definition) is 6. The van der Waals surface area contributed by atoms with Gasteiger partial charge in [0.15, 0.2) is 0 Å². The first-order valence-electron chi connectivity index (χ1n) is 14.3. The molecule has 4 aromatic carbocycles. The number of anilines is 1. The summed E-state index contributed by atoms with van der Waals surface area (Å²) in [6, 6.07) is 30.2. The molecule has 0 fully saturated rings. The number of thiazole rings is 1. The van der Waals surface area contributed by atoms with Crippen LogP contribution >= 0.6 is 11.3 Å². The predicted molar refractivity (Wildman–Crippen MR) is 174 cm³/mol. The monoisotopic (exact) mass is 592 g/mol. The lowest BCUT2D eigenvalue weighted by molar-refractivity contribution is 0.0785. The molecule has 5 rings (SSSR count). The Bertz CT molecular complexity index is 1700. The Morgan fingerprint density at radius 2 is 1.60 bits per heavy atom. The van der Waals surface area contributed by atoms with Gasteiger partial charge in [0.25, 0.3) is 11.8 Å². The lowest BCUT2D eigenvalue weighted by atomic mass is 9.99. The topological polar surface area (TPSA) is 85.8 Å². The van der Waals surface area contributed by atoms with E-state index >= 15 is 0 Å². The summed E-state index contributed by atoms with van der Waals surface area (Å²) in [5, 5.41) is 19.6. The van der Waals surface area contributed by atoms with Crippen LogP contribution in [-0.4, -0.2) is 59.6 Å². The Labute approximate surface area is 256 Å². The number of benzene rings is 4. The van der Waals surface area contributed by atoms with Gasteiger partial charge in [-0.15, -0.1) is 11.3 Å². The van der Waals surface area contributed by atoms with Crippen LogP contribution in [0.2, 0.25) is 0 Å². The number of rotatable bonds is 11. The summed E-state index contributed by atoms with van der Waals surface area (Å²) >= 11 is 1.52. The number of aromatic nitrogens is 1. The molecular weight excluding hydrogens is 556 g/mol. The largest absolute Gasteiger partial charge is 0.389 e. The molecule has 0 unspecified atom stereocenters. The minimum absolute atomic E-state index is 0.194. The van der Waals surface area contributed by atoms with Gasteiger partial charge in [0.2, 0.25) is 0 Å². The van der Waals surface area contributed by atoms with Crippen LogP contribution in [0.4, 0.5) is 5.69 Å². The highest BCUT2D eigenvalue weighted by Gasteiger charge is 2.25. The molecule has 0 saturated carbocycles. The zero-order valence-corrected chi connectivity index (χ0v) is 25.4. The van der Waals surface area contributed by atoms with Gasteiger partial charge in [0.05, 0.1) is 18.7 Å². The Kier molecular flexibility index (Phi) is 9.49. The number of carbonyl (C=O) groups is 2. The fourth-order valence-corrected chi connectivity index (χ4v) is 6.04. The molecule has 0 radical (unpaired) electrons. The van der Waals surface area contributed by atoms with Crippen LogP contribution in [-0.2, 0) is 13.0 Å². The number of amides is 2. The van der Waals surface area contributed by atoms with Gasteiger partial charge in [-0.3, -0.25) is 9.59 Å². The van der Waals surface area contributed by atoms with Crippen molar-refractivity contribution in [3.63, 3.8) is 0 Å². The van der Waals surface area contributed by atoms with Gasteiger partial charge in [0.1, 0.15) is 5.01 Å². The van der Waals surface area contributed by atoms with E-state index in [0.717, 1.165) is 32.7 Å². The summed E-state index contributed by atoms with van der Waals surface area (Å²) in [5.74, 6) is -0.541. The molecule has 1 heterocycles. The number of fused-ring (bicyclic) bond motifs is 1. The summed E-state index contributed by atoms with van der Waals surface area (Å²) in [6.07, 6.45) is -0.419. The molecular formula is C35H36N4O3S. The van der Waals surface area contributed by atoms with Crippen LogP contribution < -0.4 is 10.2 Å². The highest BCUT2D eigenvalue weighted by atomic mass is 32.1.